The van der Waals surface area contributed by atoms with E-state index in [2.05, 4.69) is 0 Å². The Bertz CT molecular complexity index is 1030. The van der Waals surface area contributed by atoms with Gasteiger partial charge in [-0.05, 0) is 31.4 Å². The first kappa shape index (κ1) is 20.8. The van der Waals surface area contributed by atoms with Crippen LogP contribution in [0.5, 0.6) is 0 Å². The molecule has 7 heteroatoms. The number of ketones is 1. The van der Waals surface area contributed by atoms with Crippen molar-refractivity contribution >= 4 is 29.1 Å². The van der Waals surface area contributed by atoms with Crippen molar-refractivity contribution in [1.82, 2.24) is 0 Å². The van der Waals surface area contributed by atoms with E-state index in [1.807, 2.05) is 0 Å². The Morgan fingerprint density at radius 3 is 2.13 bits per heavy atom. The molecule has 2 fully saturated rings. The van der Waals surface area contributed by atoms with Gasteiger partial charge >= 0.3 is 17.5 Å². The number of likely N-dealkylation sites (tertiary alicyclic amines) is 1. The zero-order valence-electron chi connectivity index (χ0n) is 17.3. The van der Waals surface area contributed by atoms with Crippen molar-refractivity contribution in [2.24, 2.45) is 0 Å². The number of nitrogens with zero attached hydrogens (tertiary/aromatic N) is 1. The number of nitrogens with one attached hydrogen (secondary N) is 1. The number of amides is 1. The zero-order valence-corrected chi connectivity index (χ0v) is 17.3. The summed E-state index contributed by atoms with van der Waals surface area (Å²) in [6.07, 6.45) is 2.66. The van der Waals surface area contributed by atoms with Crippen LogP contribution in [-0.2, 0) is 19.1 Å². The van der Waals surface area contributed by atoms with Gasteiger partial charge in [0.05, 0.1) is 25.9 Å². The third kappa shape index (κ3) is 3.21. The SMILES string of the molecule is COC(=O)[C@]1([NH+]2CCCCC2)C(=C(O)c2ccccc2)C(=O)C(=O)N1c1ccccc1. The lowest BCUT2D eigenvalue weighted by Crippen LogP contribution is -3.24. The van der Waals surface area contributed by atoms with Gasteiger partial charge in [-0.25, -0.2) is 9.69 Å². The van der Waals surface area contributed by atoms with E-state index in [1.54, 1.807) is 60.7 Å². The normalized spacial score (nSPS) is 23.7. The highest BCUT2D eigenvalue weighted by Gasteiger charge is 2.69. The lowest BCUT2D eigenvalue weighted by atomic mass is 9.91. The highest BCUT2D eigenvalue weighted by Crippen LogP contribution is 2.38. The fraction of sp³-hybridized carbons (Fsp3) is 0.292. The molecule has 2 aromatic rings. The van der Waals surface area contributed by atoms with Gasteiger partial charge in [-0.3, -0.25) is 14.5 Å². The smallest absolute Gasteiger partial charge is 0.396 e. The van der Waals surface area contributed by atoms with Gasteiger partial charge in [-0.2, -0.15) is 0 Å². The second-order valence-corrected chi connectivity index (χ2v) is 7.76. The van der Waals surface area contributed by atoms with Gasteiger partial charge in [-0.1, -0.05) is 48.5 Å². The van der Waals surface area contributed by atoms with Crippen LogP contribution in [0.3, 0.4) is 0 Å². The van der Waals surface area contributed by atoms with Crippen LogP contribution in [0.15, 0.2) is 66.2 Å². The summed E-state index contributed by atoms with van der Waals surface area (Å²) in [6, 6.07) is 17.1. The number of benzene rings is 2. The van der Waals surface area contributed by atoms with Crippen molar-refractivity contribution < 1.29 is 29.1 Å². The number of hydrogen-bond acceptors (Lipinski definition) is 5. The summed E-state index contributed by atoms with van der Waals surface area (Å²) in [7, 11) is 1.24. The van der Waals surface area contributed by atoms with Gasteiger partial charge in [0.25, 0.3) is 5.78 Å². The minimum Gasteiger partial charge on any atom is -0.507 e. The maximum absolute atomic E-state index is 13.5. The summed E-state index contributed by atoms with van der Waals surface area (Å²) >= 11 is 0. The van der Waals surface area contributed by atoms with Gasteiger partial charge in [0.15, 0.2) is 0 Å². The van der Waals surface area contributed by atoms with Crippen molar-refractivity contribution in [3.63, 3.8) is 0 Å². The molecule has 0 aromatic heterocycles. The molecule has 0 aliphatic carbocycles. The molecule has 0 bridgehead atoms. The summed E-state index contributed by atoms with van der Waals surface area (Å²) < 4.78 is 5.20. The number of rotatable bonds is 4. The first-order chi connectivity index (χ1) is 15.0. The predicted octanol–water partition coefficient (Wildman–Crippen LogP) is 1.51. The van der Waals surface area contributed by atoms with E-state index in [0.717, 1.165) is 19.3 Å². The molecular formula is C24H25N2O5+. The third-order valence-corrected chi connectivity index (χ3v) is 6.07. The molecule has 2 heterocycles. The number of aliphatic hydroxyl groups excluding tert-OH is 1. The number of anilines is 1. The molecule has 160 valence electrons. The van der Waals surface area contributed by atoms with E-state index in [0.29, 0.717) is 29.2 Å². The molecule has 4 rings (SSSR count). The van der Waals surface area contributed by atoms with Crippen LogP contribution < -0.4 is 9.80 Å². The van der Waals surface area contributed by atoms with Crippen molar-refractivity contribution in [2.75, 3.05) is 25.1 Å². The monoisotopic (exact) mass is 421 g/mol. The topological polar surface area (TPSA) is 88.3 Å². The summed E-state index contributed by atoms with van der Waals surface area (Å²) in [4.78, 5) is 42.1. The third-order valence-electron chi connectivity index (χ3n) is 6.07. The lowest BCUT2D eigenvalue weighted by Gasteiger charge is -2.42. The minimum atomic E-state index is -1.80. The first-order valence-electron chi connectivity index (χ1n) is 10.4. The molecule has 0 spiro atoms. The minimum absolute atomic E-state index is 0.226. The Hall–Kier alpha value is -3.45. The van der Waals surface area contributed by atoms with Crippen LogP contribution in [0.4, 0.5) is 5.69 Å². The highest BCUT2D eigenvalue weighted by atomic mass is 16.5. The van der Waals surface area contributed by atoms with Crippen LogP contribution in [-0.4, -0.2) is 48.6 Å². The number of para-hydroxylation sites is 1. The molecule has 2 aliphatic heterocycles. The number of piperidine rings is 1. The number of carbonyl (C=O) groups is 3. The highest BCUT2D eigenvalue weighted by molar-refractivity contribution is 6.54. The molecule has 31 heavy (non-hydrogen) atoms. The maximum Gasteiger partial charge on any atom is 0.396 e. The van der Waals surface area contributed by atoms with Crippen molar-refractivity contribution in [3.05, 3.63) is 71.8 Å². The summed E-state index contributed by atoms with van der Waals surface area (Å²) in [5.74, 6) is -2.87. The van der Waals surface area contributed by atoms with Gasteiger partial charge in [0.1, 0.15) is 11.3 Å². The molecular weight excluding hydrogens is 396 g/mol. The predicted molar refractivity (Wildman–Crippen MR) is 114 cm³/mol. The van der Waals surface area contributed by atoms with Crippen molar-refractivity contribution in [3.8, 4) is 0 Å². The number of aliphatic hydroxyl groups is 1. The lowest BCUT2D eigenvalue weighted by molar-refractivity contribution is -0.939. The van der Waals surface area contributed by atoms with Gasteiger partial charge < -0.3 is 9.84 Å². The summed E-state index contributed by atoms with van der Waals surface area (Å²) in [5, 5.41) is 11.2. The molecule has 2 saturated heterocycles. The van der Waals surface area contributed by atoms with E-state index in [-0.39, 0.29) is 11.3 Å². The van der Waals surface area contributed by atoms with Gasteiger partial charge in [0.2, 0.25) is 0 Å². The first-order valence-corrected chi connectivity index (χ1v) is 10.4. The van der Waals surface area contributed by atoms with E-state index in [1.165, 1.54) is 12.0 Å². The number of hydrogen-bond donors (Lipinski definition) is 2. The Morgan fingerprint density at radius 2 is 1.55 bits per heavy atom. The fourth-order valence-corrected chi connectivity index (χ4v) is 4.70. The molecule has 0 radical (unpaired) electrons. The number of quaternary nitrogens is 1. The second-order valence-electron chi connectivity index (χ2n) is 7.76. The number of Topliss-reactive ketones (excluding diaryl/α,β-unsaturated/α-hetero) is 1. The van der Waals surface area contributed by atoms with Gasteiger partial charge in [-0.15, -0.1) is 0 Å². The largest absolute Gasteiger partial charge is 0.507 e. The molecule has 0 saturated carbocycles. The molecule has 2 aliphatic rings. The molecule has 1 amide bonds. The number of methoxy groups -OCH3 is 1. The zero-order chi connectivity index (χ0) is 22.0. The van der Waals surface area contributed by atoms with Crippen LogP contribution in [0.2, 0.25) is 0 Å². The number of carbonyl (C=O) groups excluding carboxylic acids is 3. The fourth-order valence-electron chi connectivity index (χ4n) is 4.70. The quantitative estimate of drug-likeness (QED) is 0.338. The number of ether oxygens (including phenoxy) is 1. The van der Waals surface area contributed by atoms with Crippen LogP contribution in [0.25, 0.3) is 5.76 Å². The van der Waals surface area contributed by atoms with E-state index >= 15 is 0 Å². The maximum atomic E-state index is 13.5. The molecule has 2 N–H and O–H groups in total. The second kappa shape index (κ2) is 8.35. The molecule has 2 aromatic carbocycles. The van der Waals surface area contributed by atoms with E-state index < -0.39 is 23.3 Å². The average molecular weight is 421 g/mol. The van der Waals surface area contributed by atoms with Crippen molar-refractivity contribution in [2.45, 2.75) is 24.9 Å². The molecule has 1 atom stereocenters. The van der Waals surface area contributed by atoms with Crippen LogP contribution in [0.1, 0.15) is 24.8 Å². The van der Waals surface area contributed by atoms with Gasteiger partial charge in [0, 0.05) is 5.56 Å². The Morgan fingerprint density at radius 1 is 0.968 bits per heavy atom. The average Bonchev–Trinajstić information content (AvgIpc) is 3.07. The van der Waals surface area contributed by atoms with Crippen molar-refractivity contribution in [1.29, 1.82) is 0 Å². The standard InChI is InChI=1S/C24H24N2O5/c1-31-23(30)24(25-15-9-4-10-16-25)19(20(27)17-11-5-2-6-12-17)21(28)22(29)26(24)18-13-7-3-8-14-18/h2-3,5-8,11-14,27H,4,9-10,15-16H2,1H3/p+1/t24-/m0/s1. The van der Waals surface area contributed by atoms with Crippen LogP contribution >= 0.6 is 0 Å². The summed E-state index contributed by atoms with van der Waals surface area (Å²) in [6.45, 7) is 1.12. The Balaban J connectivity index is 2.06. The molecule has 7 nitrogen and oxygen atoms in total. The van der Waals surface area contributed by atoms with E-state index in [9.17, 15) is 19.5 Å². The van der Waals surface area contributed by atoms with Crippen LogP contribution in [0, 0.1) is 0 Å². The number of esters is 1. The Kier molecular flexibility index (Phi) is 5.61. The Labute approximate surface area is 180 Å². The van der Waals surface area contributed by atoms with E-state index in [4.69, 9.17) is 4.74 Å². The summed E-state index contributed by atoms with van der Waals surface area (Å²) in [5.41, 5.74) is -1.26. The molecule has 0 unspecified atom stereocenters.